The molecule has 1 aromatic carbocycles. The van der Waals surface area contributed by atoms with Crippen LogP contribution in [-0.4, -0.2) is 29.4 Å². The average Bonchev–Trinajstić information content (AvgIpc) is 2.70. The lowest BCUT2D eigenvalue weighted by molar-refractivity contribution is -0.119. The van der Waals surface area contributed by atoms with Crippen molar-refractivity contribution in [1.82, 2.24) is 15.2 Å². The molecule has 1 aromatic heterocycles. The van der Waals surface area contributed by atoms with Crippen LogP contribution < -0.4 is 10.1 Å². The molecule has 0 saturated heterocycles. The van der Waals surface area contributed by atoms with Crippen LogP contribution in [0.3, 0.4) is 0 Å². The van der Waals surface area contributed by atoms with Crippen molar-refractivity contribution in [3.8, 4) is 5.75 Å². The summed E-state index contributed by atoms with van der Waals surface area (Å²) in [4.78, 5) is 19.7. The second-order valence-corrected chi connectivity index (χ2v) is 7.19. The summed E-state index contributed by atoms with van der Waals surface area (Å²) in [6.07, 6.45) is 7.76. The van der Waals surface area contributed by atoms with E-state index in [9.17, 15) is 4.79 Å². The summed E-state index contributed by atoms with van der Waals surface area (Å²) in [5.74, 6) is 0.538. The third-order valence-corrected chi connectivity index (χ3v) is 5.30. The second-order valence-electron chi connectivity index (χ2n) is 7.19. The van der Waals surface area contributed by atoms with Crippen molar-refractivity contribution in [3.63, 3.8) is 0 Å². The fourth-order valence-corrected chi connectivity index (χ4v) is 3.60. The van der Waals surface area contributed by atoms with E-state index in [1.54, 1.807) is 18.3 Å². The Labute approximate surface area is 165 Å². The summed E-state index contributed by atoms with van der Waals surface area (Å²) in [6, 6.07) is 12.0. The lowest BCUT2D eigenvalue weighted by atomic mass is 9.81. The number of nitrogens with zero attached hydrogens (tertiary/aromatic N) is 2. The Morgan fingerprint density at radius 3 is 2.82 bits per heavy atom. The number of ether oxygens (including phenoxy) is 1. The van der Waals surface area contributed by atoms with Gasteiger partial charge in [0.2, 0.25) is 0 Å². The third-order valence-electron chi connectivity index (χ3n) is 5.30. The average molecular weight is 373 g/mol. The van der Waals surface area contributed by atoms with Gasteiger partial charge in [0.1, 0.15) is 17.0 Å². The van der Waals surface area contributed by atoms with Crippen LogP contribution in [0, 0.1) is 6.92 Å². The molecule has 3 heterocycles. The molecule has 0 radical (unpaired) electrons. The number of nitrogens with one attached hydrogen (secondary N) is 1. The molecule has 2 aromatic rings. The number of hydrogen-bond acceptors (Lipinski definition) is 4. The molecule has 0 fully saturated rings. The number of aromatic nitrogens is 1. The van der Waals surface area contributed by atoms with Crippen LogP contribution in [0.1, 0.15) is 23.2 Å². The van der Waals surface area contributed by atoms with Gasteiger partial charge in [-0.15, -0.1) is 0 Å². The lowest BCUT2D eigenvalue weighted by Crippen LogP contribution is -2.50. The van der Waals surface area contributed by atoms with Crippen molar-refractivity contribution in [2.24, 2.45) is 0 Å². The molecule has 1 N–H and O–H groups in total. The van der Waals surface area contributed by atoms with Crippen LogP contribution >= 0.6 is 0 Å². The maximum atomic E-state index is 13.2. The first kappa shape index (κ1) is 18.0. The molecular weight excluding hydrogens is 350 g/mol. The fraction of sp³-hybridized carbons (Fsp3) is 0.217. The zero-order valence-corrected chi connectivity index (χ0v) is 16.1. The minimum atomic E-state index is -0.751. The van der Waals surface area contributed by atoms with E-state index in [1.807, 2.05) is 37.2 Å². The van der Waals surface area contributed by atoms with Gasteiger partial charge in [-0.2, -0.15) is 0 Å². The first-order valence-electron chi connectivity index (χ1n) is 9.29. The molecule has 1 unspecified atom stereocenters. The number of allylic oxidation sites excluding steroid dienone is 1. The summed E-state index contributed by atoms with van der Waals surface area (Å²) in [5, 5.41) is 3.27. The van der Waals surface area contributed by atoms with Gasteiger partial charge in [0.25, 0.3) is 5.91 Å². The van der Waals surface area contributed by atoms with Crippen molar-refractivity contribution in [2.75, 3.05) is 13.7 Å². The van der Waals surface area contributed by atoms with Gasteiger partial charge in [0.05, 0.1) is 6.61 Å². The highest BCUT2D eigenvalue weighted by atomic mass is 16.5. The molecule has 0 spiro atoms. The fourth-order valence-electron chi connectivity index (χ4n) is 3.60. The molecule has 2 aliphatic heterocycles. The van der Waals surface area contributed by atoms with E-state index in [2.05, 4.69) is 41.1 Å². The number of hydrogen-bond donors (Lipinski definition) is 1. The van der Waals surface area contributed by atoms with Gasteiger partial charge < -0.3 is 15.0 Å². The topological polar surface area (TPSA) is 54.5 Å². The minimum absolute atomic E-state index is 0.162. The van der Waals surface area contributed by atoms with Gasteiger partial charge in [0.15, 0.2) is 0 Å². The number of amides is 1. The van der Waals surface area contributed by atoms with Crippen molar-refractivity contribution in [2.45, 2.75) is 18.9 Å². The van der Waals surface area contributed by atoms with Gasteiger partial charge in [-0.3, -0.25) is 9.78 Å². The largest absolute Gasteiger partial charge is 0.491 e. The summed E-state index contributed by atoms with van der Waals surface area (Å²) in [5.41, 5.74) is 3.47. The highest BCUT2D eigenvalue weighted by Crippen LogP contribution is 2.40. The van der Waals surface area contributed by atoms with E-state index in [-0.39, 0.29) is 5.91 Å². The Balaban J connectivity index is 1.79. The number of aryl methyl sites for hydroxylation is 1. The smallest absolute Gasteiger partial charge is 0.252 e. The molecule has 4 rings (SSSR count). The predicted octanol–water partition coefficient (Wildman–Crippen LogP) is 3.43. The van der Waals surface area contributed by atoms with Crippen molar-refractivity contribution in [1.29, 1.82) is 0 Å². The molecular formula is C23H23N3O2. The predicted molar refractivity (Wildman–Crippen MR) is 109 cm³/mol. The van der Waals surface area contributed by atoms with Gasteiger partial charge in [-0.05, 0) is 36.8 Å². The van der Waals surface area contributed by atoms with E-state index in [1.165, 1.54) is 0 Å². The van der Waals surface area contributed by atoms with Crippen LogP contribution in [0.2, 0.25) is 0 Å². The maximum Gasteiger partial charge on any atom is 0.252 e. The Morgan fingerprint density at radius 1 is 1.29 bits per heavy atom. The first-order valence-corrected chi connectivity index (χ1v) is 9.29. The Kier molecular flexibility index (Phi) is 4.51. The molecule has 5 nitrogen and oxygen atoms in total. The number of carbonyl (C=O) groups excluding carboxylic acids is 1. The first-order chi connectivity index (χ1) is 13.5. The van der Waals surface area contributed by atoms with E-state index >= 15 is 0 Å². The zero-order valence-electron chi connectivity index (χ0n) is 16.1. The van der Waals surface area contributed by atoms with Crippen molar-refractivity contribution in [3.05, 3.63) is 95.6 Å². The minimum Gasteiger partial charge on any atom is -0.491 e. The van der Waals surface area contributed by atoms with Gasteiger partial charge in [-0.25, -0.2) is 0 Å². The van der Waals surface area contributed by atoms with Gasteiger partial charge in [0, 0.05) is 37.1 Å². The number of carbonyl (C=O) groups is 1. The van der Waals surface area contributed by atoms with Crippen molar-refractivity contribution < 1.29 is 9.53 Å². The highest BCUT2D eigenvalue weighted by molar-refractivity contribution is 5.97. The highest BCUT2D eigenvalue weighted by Gasteiger charge is 2.42. The monoisotopic (exact) mass is 373 g/mol. The number of likely N-dealkylation sites (N-methyl/N-ethyl adjacent to an activating group) is 1. The molecule has 1 amide bonds. The molecule has 1 atom stereocenters. The molecule has 142 valence electrons. The van der Waals surface area contributed by atoms with Crippen LogP contribution in [0.15, 0.2) is 78.8 Å². The summed E-state index contributed by atoms with van der Waals surface area (Å²) in [6.45, 7) is 6.53. The lowest BCUT2D eigenvalue weighted by Gasteiger charge is -2.39. The molecule has 0 saturated carbocycles. The molecule has 5 heteroatoms. The van der Waals surface area contributed by atoms with Crippen molar-refractivity contribution >= 4 is 5.91 Å². The van der Waals surface area contributed by atoms with E-state index in [4.69, 9.17) is 4.74 Å². The van der Waals surface area contributed by atoms with E-state index in [0.29, 0.717) is 24.4 Å². The summed E-state index contributed by atoms with van der Waals surface area (Å²) < 4.78 is 5.82. The standard InChI is InChI=1S/C23H23N3O2/c1-16-6-8-19(9-7-16)23(11-14-28-20-5-4-12-24-21(20)23)25-22(27)18-10-13-26(3)17(2)15-18/h4-10,12-13,15H,2,11,14H2,1,3H3,(H,25,27). The normalized spacial score (nSPS) is 20.9. The maximum absolute atomic E-state index is 13.2. The van der Waals surface area contributed by atoms with Crippen LogP contribution in [-0.2, 0) is 10.3 Å². The Morgan fingerprint density at radius 2 is 2.07 bits per heavy atom. The molecule has 2 aliphatic rings. The molecule has 0 bridgehead atoms. The molecule has 0 aliphatic carbocycles. The summed E-state index contributed by atoms with van der Waals surface area (Å²) >= 11 is 0. The number of benzene rings is 1. The molecule has 28 heavy (non-hydrogen) atoms. The van der Waals surface area contributed by atoms with Crippen LogP contribution in [0.5, 0.6) is 5.75 Å². The van der Waals surface area contributed by atoms with E-state index in [0.717, 1.165) is 22.5 Å². The number of rotatable bonds is 3. The van der Waals surface area contributed by atoms with Crippen LogP contribution in [0.25, 0.3) is 0 Å². The van der Waals surface area contributed by atoms with E-state index < -0.39 is 5.54 Å². The number of fused-ring (bicyclic) bond motifs is 1. The number of pyridine rings is 1. The Bertz CT molecular complexity index is 991. The second kappa shape index (κ2) is 7.00. The van der Waals surface area contributed by atoms with Gasteiger partial charge >= 0.3 is 0 Å². The quantitative estimate of drug-likeness (QED) is 0.896. The summed E-state index contributed by atoms with van der Waals surface area (Å²) in [7, 11) is 1.90. The van der Waals surface area contributed by atoms with Gasteiger partial charge in [-0.1, -0.05) is 36.4 Å². The zero-order chi connectivity index (χ0) is 19.7. The third kappa shape index (κ3) is 3.09. The Hall–Kier alpha value is -3.34. The van der Waals surface area contributed by atoms with Crippen LogP contribution in [0.4, 0.5) is 0 Å². The SMILES string of the molecule is C=C1C=C(C(=O)NC2(c3ccc(C)cc3)CCOc3cccnc32)C=CN1C.